The zero-order valence-electron chi connectivity index (χ0n) is 21.3. The summed E-state index contributed by atoms with van der Waals surface area (Å²) >= 11 is 0. The van der Waals surface area contributed by atoms with E-state index in [1.54, 1.807) is 42.7 Å². The van der Waals surface area contributed by atoms with Crippen molar-refractivity contribution >= 4 is 27.5 Å². The fraction of sp³-hybridized carbons (Fsp3) is 0.222. The molecular weight excluding hydrogens is 510 g/mol. The quantitative estimate of drug-likeness (QED) is 0.264. The lowest BCUT2D eigenvalue weighted by Crippen LogP contribution is -2.29. The maximum Gasteiger partial charge on any atom is 0.295 e. The Morgan fingerprint density at radius 2 is 1.71 bits per heavy atom. The highest BCUT2D eigenvalue weighted by atomic mass is 32.2. The topological polar surface area (TPSA) is 126 Å². The molecule has 0 spiro atoms. The van der Waals surface area contributed by atoms with Crippen molar-refractivity contribution in [2.75, 3.05) is 28.3 Å². The number of ether oxygens (including phenoxy) is 2. The molecule has 1 amide bonds. The van der Waals surface area contributed by atoms with Gasteiger partial charge in [-0.2, -0.15) is 0 Å². The van der Waals surface area contributed by atoms with Crippen molar-refractivity contribution in [2.24, 2.45) is 0 Å². The molecule has 198 valence electrons. The van der Waals surface area contributed by atoms with Gasteiger partial charge in [0.25, 0.3) is 11.7 Å². The Labute approximate surface area is 220 Å². The van der Waals surface area contributed by atoms with Gasteiger partial charge >= 0.3 is 0 Å². The molecule has 1 aromatic heterocycles. The number of aliphatic hydroxyl groups is 1. The second-order valence-electron chi connectivity index (χ2n) is 8.71. The van der Waals surface area contributed by atoms with Gasteiger partial charge in [0.15, 0.2) is 11.5 Å². The zero-order valence-corrected chi connectivity index (χ0v) is 22.1. The van der Waals surface area contributed by atoms with Crippen molar-refractivity contribution in [1.29, 1.82) is 0 Å². The van der Waals surface area contributed by atoms with E-state index < -0.39 is 33.5 Å². The molecule has 0 aliphatic carbocycles. The molecule has 1 unspecified atom stereocenters. The zero-order chi connectivity index (χ0) is 27.6. The highest BCUT2D eigenvalue weighted by Gasteiger charge is 2.46. The Morgan fingerprint density at radius 1 is 1.03 bits per heavy atom. The van der Waals surface area contributed by atoms with E-state index in [1.807, 2.05) is 0 Å². The minimum absolute atomic E-state index is 0.0209. The van der Waals surface area contributed by atoms with E-state index in [4.69, 9.17) is 9.47 Å². The predicted molar refractivity (Wildman–Crippen MR) is 139 cm³/mol. The van der Waals surface area contributed by atoms with Crippen molar-refractivity contribution in [3.63, 3.8) is 0 Å². The molecule has 1 aliphatic heterocycles. The van der Waals surface area contributed by atoms with Crippen LogP contribution >= 0.6 is 0 Å². The first-order chi connectivity index (χ1) is 18.1. The first-order valence-electron chi connectivity index (χ1n) is 11.5. The van der Waals surface area contributed by atoms with Gasteiger partial charge in [0.2, 0.25) is 10.0 Å². The van der Waals surface area contributed by atoms with E-state index in [0.29, 0.717) is 22.6 Å². The van der Waals surface area contributed by atoms with Crippen molar-refractivity contribution in [2.45, 2.75) is 17.5 Å². The molecule has 1 fully saturated rings. The normalized spacial score (nSPS) is 17.2. The van der Waals surface area contributed by atoms with Gasteiger partial charge in [0.05, 0.1) is 30.7 Å². The number of aromatic nitrogens is 1. The maximum atomic E-state index is 13.3. The number of likely N-dealkylation sites (tertiary alicyclic amines) is 1. The number of carbonyl (C=O) groups is 2. The summed E-state index contributed by atoms with van der Waals surface area (Å²) in [5.41, 5.74) is 1.26. The number of benzene rings is 2. The van der Waals surface area contributed by atoms with E-state index in [-0.39, 0.29) is 22.6 Å². The third-order valence-electron chi connectivity index (χ3n) is 6.25. The van der Waals surface area contributed by atoms with Gasteiger partial charge in [0, 0.05) is 38.6 Å². The van der Waals surface area contributed by atoms with Crippen LogP contribution in [0.1, 0.15) is 22.7 Å². The largest absolute Gasteiger partial charge is 0.507 e. The molecule has 11 heteroatoms. The van der Waals surface area contributed by atoms with Crippen molar-refractivity contribution < 1.29 is 32.6 Å². The number of carbonyl (C=O) groups excluding carboxylic acids is 2. The SMILES string of the molecule is COc1ccc(C2/C(=C(\O)c3ccc(S(=O)(=O)N(C)C)cc3)C(=O)C(=O)N2Cc2cccnc2)cc1OC. The molecule has 2 aromatic carbocycles. The lowest BCUT2D eigenvalue weighted by molar-refractivity contribution is -0.140. The van der Waals surface area contributed by atoms with Gasteiger partial charge in [0.1, 0.15) is 5.76 Å². The summed E-state index contributed by atoms with van der Waals surface area (Å²) in [6, 6.07) is 13.0. The molecule has 1 aliphatic rings. The Bertz CT molecular complexity index is 1500. The number of rotatable bonds is 8. The summed E-state index contributed by atoms with van der Waals surface area (Å²) in [6.07, 6.45) is 3.19. The summed E-state index contributed by atoms with van der Waals surface area (Å²) < 4.78 is 36.7. The number of aliphatic hydroxyl groups excluding tert-OH is 1. The summed E-state index contributed by atoms with van der Waals surface area (Å²) in [5.74, 6) is -1.24. The van der Waals surface area contributed by atoms with Crippen LogP contribution in [0.4, 0.5) is 0 Å². The molecular formula is C27H27N3O7S. The van der Waals surface area contributed by atoms with Crippen LogP contribution < -0.4 is 9.47 Å². The summed E-state index contributed by atoms with van der Waals surface area (Å²) in [7, 11) is 2.09. The molecule has 1 N–H and O–H groups in total. The number of ketones is 1. The Hall–Kier alpha value is -4.22. The molecule has 3 aromatic rings. The van der Waals surface area contributed by atoms with Crippen LogP contribution in [-0.4, -0.2) is 67.7 Å². The minimum atomic E-state index is -3.69. The van der Waals surface area contributed by atoms with Crippen molar-refractivity contribution in [3.8, 4) is 11.5 Å². The molecule has 4 rings (SSSR count). The number of pyridine rings is 1. The molecule has 0 bridgehead atoms. The van der Waals surface area contributed by atoms with Crippen LogP contribution in [0.2, 0.25) is 0 Å². The lowest BCUT2D eigenvalue weighted by Gasteiger charge is -2.26. The van der Waals surface area contributed by atoms with Crippen LogP contribution in [0, 0.1) is 0 Å². The fourth-order valence-corrected chi connectivity index (χ4v) is 5.15. The van der Waals surface area contributed by atoms with Crippen LogP contribution in [0.15, 0.2) is 77.5 Å². The number of amides is 1. The van der Waals surface area contributed by atoms with Crippen LogP contribution in [-0.2, 0) is 26.2 Å². The standard InChI is InChI=1S/C27H27N3O7S/c1-29(2)38(34,35)20-10-7-18(8-11-20)25(31)23-24(19-9-12-21(36-3)22(14-19)37-4)30(27(33)26(23)32)16-17-6-5-13-28-15-17/h5-15,24,31H,16H2,1-4H3/b25-23+. The summed E-state index contributed by atoms with van der Waals surface area (Å²) in [6.45, 7) is 0.0637. The van der Waals surface area contributed by atoms with Crippen LogP contribution in [0.3, 0.4) is 0 Å². The highest BCUT2D eigenvalue weighted by molar-refractivity contribution is 7.89. The third kappa shape index (κ3) is 4.85. The summed E-state index contributed by atoms with van der Waals surface area (Å²) in [5, 5.41) is 11.3. The smallest absolute Gasteiger partial charge is 0.295 e. The Balaban J connectivity index is 1.87. The Kier molecular flexibility index (Phi) is 7.51. The Morgan fingerprint density at radius 3 is 2.29 bits per heavy atom. The van der Waals surface area contributed by atoms with E-state index >= 15 is 0 Å². The monoisotopic (exact) mass is 537 g/mol. The van der Waals surface area contributed by atoms with Gasteiger partial charge < -0.3 is 19.5 Å². The predicted octanol–water partition coefficient (Wildman–Crippen LogP) is 2.97. The maximum absolute atomic E-state index is 13.3. The molecule has 0 saturated carbocycles. The van der Waals surface area contributed by atoms with Crippen LogP contribution in [0.5, 0.6) is 11.5 Å². The molecule has 1 saturated heterocycles. The van der Waals surface area contributed by atoms with Gasteiger partial charge in [-0.1, -0.05) is 12.1 Å². The fourth-order valence-electron chi connectivity index (χ4n) is 4.25. The number of hydrogen-bond donors (Lipinski definition) is 1. The van der Waals surface area contributed by atoms with E-state index in [9.17, 15) is 23.1 Å². The highest BCUT2D eigenvalue weighted by Crippen LogP contribution is 2.42. The van der Waals surface area contributed by atoms with Gasteiger partial charge in [-0.25, -0.2) is 12.7 Å². The lowest BCUT2D eigenvalue weighted by atomic mass is 9.95. The first-order valence-corrected chi connectivity index (χ1v) is 13.0. The first kappa shape index (κ1) is 26.8. The average molecular weight is 538 g/mol. The molecule has 0 radical (unpaired) electrons. The number of Topliss-reactive ketones (excluding diaryl/α,β-unsaturated/α-hetero) is 1. The van der Waals surface area contributed by atoms with Gasteiger partial charge in [-0.3, -0.25) is 14.6 Å². The molecule has 38 heavy (non-hydrogen) atoms. The number of methoxy groups -OCH3 is 2. The summed E-state index contributed by atoms with van der Waals surface area (Å²) in [4.78, 5) is 32.0. The average Bonchev–Trinajstić information content (AvgIpc) is 3.17. The second kappa shape index (κ2) is 10.6. The molecule has 1 atom stereocenters. The van der Waals surface area contributed by atoms with E-state index in [0.717, 1.165) is 4.31 Å². The van der Waals surface area contributed by atoms with Crippen LogP contribution in [0.25, 0.3) is 5.76 Å². The van der Waals surface area contributed by atoms with E-state index in [1.165, 1.54) is 57.5 Å². The van der Waals surface area contributed by atoms with Gasteiger partial charge in [-0.15, -0.1) is 0 Å². The van der Waals surface area contributed by atoms with E-state index in [2.05, 4.69) is 4.98 Å². The van der Waals surface area contributed by atoms with Crippen molar-refractivity contribution in [1.82, 2.24) is 14.2 Å². The number of sulfonamides is 1. The second-order valence-corrected chi connectivity index (χ2v) is 10.9. The number of nitrogens with zero attached hydrogens (tertiary/aromatic N) is 3. The minimum Gasteiger partial charge on any atom is -0.507 e. The molecule has 2 heterocycles. The third-order valence-corrected chi connectivity index (χ3v) is 8.07. The van der Waals surface area contributed by atoms with Gasteiger partial charge in [-0.05, 0) is 53.6 Å². The molecule has 10 nitrogen and oxygen atoms in total. The number of hydrogen-bond acceptors (Lipinski definition) is 8. The van der Waals surface area contributed by atoms with Crippen molar-refractivity contribution in [3.05, 3.63) is 89.3 Å².